The molecule has 0 aliphatic carbocycles. The third-order valence-corrected chi connectivity index (χ3v) is 11.9. The van der Waals surface area contributed by atoms with Crippen LogP contribution in [0.4, 0.5) is 10.1 Å². The quantitative estimate of drug-likeness (QED) is 0.0499. The fourth-order valence-electron chi connectivity index (χ4n) is 7.25. The van der Waals surface area contributed by atoms with E-state index in [0.29, 0.717) is 148 Å². The average Bonchev–Trinajstić information content (AvgIpc) is 3.33. The van der Waals surface area contributed by atoms with Crippen molar-refractivity contribution in [2.75, 3.05) is 72.8 Å². The largest absolute Gasteiger partial charge is 0.493 e. The number of nitrogen functional groups attached to an aromatic ring is 1. The highest BCUT2D eigenvalue weighted by molar-refractivity contribution is 6.33. The molecule has 4 heterocycles. The number of nitrogens with two attached hydrogens (primary N) is 1. The highest BCUT2D eigenvalue weighted by Crippen LogP contribution is 2.39. The molecule has 2 aliphatic rings. The monoisotopic (exact) mass is 1010 g/mol. The predicted molar refractivity (Wildman–Crippen MR) is 265 cm³/mol. The third-order valence-electron chi connectivity index (χ3n) is 11.2. The first kappa shape index (κ1) is 50.8. The summed E-state index contributed by atoms with van der Waals surface area (Å²) in [6, 6.07) is 22.0. The van der Waals surface area contributed by atoms with E-state index in [1.807, 2.05) is 6.92 Å². The summed E-state index contributed by atoms with van der Waals surface area (Å²) in [5.41, 5.74) is 9.41. The smallest absolute Gasteiger partial charge is 0.230 e. The number of aryl methyl sites for hydroxylation is 1. The number of fused-ring (bicyclic) bond motifs is 2. The van der Waals surface area contributed by atoms with Crippen LogP contribution in [0.5, 0.6) is 46.3 Å². The van der Waals surface area contributed by atoms with Gasteiger partial charge in [0.25, 0.3) is 0 Å². The Labute approximate surface area is 419 Å². The second-order valence-corrected chi connectivity index (χ2v) is 17.3. The van der Waals surface area contributed by atoms with E-state index in [-0.39, 0.29) is 30.8 Å². The van der Waals surface area contributed by atoms with Gasteiger partial charge in [-0.15, -0.1) is 0 Å². The first-order valence-electron chi connectivity index (χ1n) is 22.8. The van der Waals surface area contributed by atoms with E-state index in [2.05, 4.69) is 19.9 Å². The minimum Gasteiger partial charge on any atom is -0.493 e. The van der Waals surface area contributed by atoms with Gasteiger partial charge in [-0.25, -0.2) is 24.3 Å². The summed E-state index contributed by atoms with van der Waals surface area (Å²) in [5.74, 6) is 3.34. The van der Waals surface area contributed by atoms with Crippen molar-refractivity contribution >= 4 is 56.5 Å². The number of ether oxygens (including phenoxy) is 10. The molecule has 7 aromatic rings. The van der Waals surface area contributed by atoms with Gasteiger partial charge in [0, 0.05) is 48.9 Å². The Balaban J connectivity index is 0.000000200. The van der Waals surface area contributed by atoms with Crippen LogP contribution < -0.4 is 34.2 Å². The summed E-state index contributed by atoms with van der Waals surface area (Å²) in [5, 5.41) is 2.08. The summed E-state index contributed by atoms with van der Waals surface area (Å²) in [7, 11) is 3.14. The van der Waals surface area contributed by atoms with E-state index >= 15 is 0 Å². The number of methoxy groups -OCH3 is 2. The number of carbonyl (C=O) groups excluding carboxylic acids is 1. The molecule has 0 unspecified atom stereocenters. The van der Waals surface area contributed by atoms with Crippen LogP contribution in [-0.2, 0) is 36.6 Å². The molecule has 2 aromatic heterocycles. The molecule has 0 atom stereocenters. The van der Waals surface area contributed by atoms with E-state index in [1.165, 1.54) is 18.7 Å². The summed E-state index contributed by atoms with van der Waals surface area (Å²) in [6.45, 7) is 6.66. The molecule has 2 saturated heterocycles. The van der Waals surface area contributed by atoms with Gasteiger partial charge in [-0.3, -0.25) is 4.79 Å². The minimum absolute atomic E-state index is 0.00771. The van der Waals surface area contributed by atoms with Gasteiger partial charge in [-0.05, 0) is 60.5 Å². The maximum absolute atomic E-state index is 14.1. The molecule has 0 spiro atoms. The maximum atomic E-state index is 14.1. The van der Waals surface area contributed by atoms with Crippen LogP contribution in [0, 0.1) is 12.7 Å². The molecule has 0 bridgehead atoms. The number of ketones is 1. The Morgan fingerprint density at radius 2 is 1.15 bits per heavy atom. The zero-order valence-electron chi connectivity index (χ0n) is 39.3. The van der Waals surface area contributed by atoms with Crippen molar-refractivity contribution in [2.24, 2.45) is 0 Å². The molecule has 19 heteroatoms. The van der Waals surface area contributed by atoms with Gasteiger partial charge in [0.15, 0.2) is 23.0 Å². The molecule has 9 rings (SSSR count). The van der Waals surface area contributed by atoms with E-state index in [4.69, 9.17) is 76.3 Å². The Bertz CT molecular complexity index is 2960. The van der Waals surface area contributed by atoms with Crippen molar-refractivity contribution in [1.82, 2.24) is 19.9 Å². The van der Waals surface area contributed by atoms with Crippen LogP contribution in [0.2, 0.25) is 10.0 Å². The Hall–Kier alpha value is -6.60. The molecule has 372 valence electrons. The van der Waals surface area contributed by atoms with Crippen molar-refractivity contribution in [3.63, 3.8) is 0 Å². The van der Waals surface area contributed by atoms with Crippen LogP contribution in [-0.4, -0.2) is 105 Å². The van der Waals surface area contributed by atoms with Gasteiger partial charge < -0.3 is 53.1 Å². The molecule has 0 amide bonds. The summed E-state index contributed by atoms with van der Waals surface area (Å²) < 4.78 is 70.4. The first-order chi connectivity index (χ1) is 34.5. The van der Waals surface area contributed by atoms with Crippen LogP contribution in [0.25, 0.3) is 21.8 Å². The number of nitrogens with zero attached hydrogens (tertiary/aromatic N) is 4. The Kier molecular flexibility index (Phi) is 17.5. The van der Waals surface area contributed by atoms with Crippen molar-refractivity contribution in [1.29, 1.82) is 0 Å². The highest BCUT2D eigenvalue weighted by atomic mass is 35.5. The lowest BCUT2D eigenvalue weighted by Crippen LogP contribution is -2.36. The lowest BCUT2D eigenvalue weighted by molar-refractivity contribution is -0.130. The fourth-order valence-corrected chi connectivity index (χ4v) is 7.65. The molecular formula is C52H52Cl2FN5O11. The van der Waals surface area contributed by atoms with E-state index in [9.17, 15) is 9.18 Å². The van der Waals surface area contributed by atoms with Crippen LogP contribution >= 0.6 is 23.2 Å². The highest BCUT2D eigenvalue weighted by Gasteiger charge is 2.21. The second-order valence-electron chi connectivity index (χ2n) is 16.5. The number of aromatic nitrogens is 4. The molecule has 71 heavy (non-hydrogen) atoms. The number of hydrogen-bond acceptors (Lipinski definition) is 16. The zero-order valence-corrected chi connectivity index (χ0v) is 40.8. The van der Waals surface area contributed by atoms with Crippen LogP contribution in [0.15, 0.2) is 91.5 Å². The van der Waals surface area contributed by atoms with E-state index in [0.717, 1.165) is 18.4 Å². The standard InChI is InChI=1S/C31H30ClFN2O6.C21H22ClN3O5/c1-19-4-7-27(33)21(10-19)12-22(36)11-20-5-6-23(13-26(20)32)41-31-25-14-29(37-2)30(15-28(25)34-18-35-31)40-9-3-8-39-24-16-38-17-24;1-26-19-8-15-18(9-20(19)29-6-2-5-28-14-10-27-11-14)24-12-25-21(15)30-13-3-4-17(23)16(22)7-13/h4-7,10,13-15,18,24H,3,8-9,11-12,16-17H2,1-2H3;3-4,7-9,12,14H,2,5-6,10-11,23H2,1H3. The summed E-state index contributed by atoms with van der Waals surface area (Å²) in [6.07, 6.45) is 4.78. The number of carbonyl (C=O) groups is 1. The molecule has 5 aromatic carbocycles. The van der Waals surface area contributed by atoms with Crippen molar-refractivity contribution in [2.45, 2.75) is 44.8 Å². The average molecular weight is 1010 g/mol. The number of rotatable bonds is 22. The lowest BCUT2D eigenvalue weighted by Gasteiger charge is -2.25. The number of halogens is 3. The van der Waals surface area contributed by atoms with Gasteiger partial charge in [-0.1, -0.05) is 47.0 Å². The third kappa shape index (κ3) is 13.6. The van der Waals surface area contributed by atoms with Crippen molar-refractivity contribution in [3.05, 3.63) is 124 Å². The predicted octanol–water partition coefficient (Wildman–Crippen LogP) is 9.92. The number of Topliss-reactive ketones (excluding diaryl/α,β-unsaturated/α-hetero) is 1. The Morgan fingerprint density at radius 3 is 1.65 bits per heavy atom. The van der Waals surface area contributed by atoms with Gasteiger partial charge in [0.1, 0.15) is 48.0 Å². The van der Waals surface area contributed by atoms with Crippen LogP contribution in [0.1, 0.15) is 29.5 Å². The van der Waals surface area contributed by atoms with Gasteiger partial charge in [0.2, 0.25) is 11.8 Å². The minimum atomic E-state index is -0.393. The van der Waals surface area contributed by atoms with Crippen molar-refractivity contribution < 1.29 is 56.6 Å². The fraction of sp³-hybridized carbons (Fsp3) is 0.327. The number of hydrogen-bond donors (Lipinski definition) is 1. The molecular weight excluding hydrogens is 960 g/mol. The SMILES string of the molecule is COc1cc2c(Oc3ccc(CC(=O)Cc4cc(C)ccc4F)c(Cl)c3)ncnc2cc1OCCCOC1COC1.COc1cc2c(Oc3ccc(N)c(Cl)c3)ncnc2cc1OCCCOC1COC1. The number of benzene rings is 5. The van der Waals surface area contributed by atoms with Gasteiger partial charge >= 0.3 is 0 Å². The lowest BCUT2D eigenvalue weighted by atomic mass is 10.0. The molecule has 2 fully saturated rings. The normalized spacial score (nSPS) is 13.4. The van der Waals surface area contributed by atoms with Crippen molar-refractivity contribution in [3.8, 4) is 46.3 Å². The summed E-state index contributed by atoms with van der Waals surface area (Å²) >= 11 is 12.6. The maximum Gasteiger partial charge on any atom is 0.230 e. The first-order valence-corrected chi connectivity index (χ1v) is 23.5. The van der Waals surface area contributed by atoms with E-state index in [1.54, 1.807) is 87.0 Å². The van der Waals surface area contributed by atoms with Crippen LogP contribution in [0.3, 0.4) is 0 Å². The van der Waals surface area contributed by atoms with Gasteiger partial charge in [0.05, 0.1) is 99.6 Å². The van der Waals surface area contributed by atoms with Gasteiger partial charge in [-0.2, -0.15) is 0 Å². The molecule has 2 aliphatic heterocycles. The summed E-state index contributed by atoms with van der Waals surface area (Å²) in [4.78, 5) is 29.9. The Morgan fingerprint density at radius 1 is 0.634 bits per heavy atom. The molecule has 16 nitrogen and oxygen atoms in total. The molecule has 0 radical (unpaired) electrons. The number of anilines is 1. The molecule has 2 N–H and O–H groups in total. The molecule has 0 saturated carbocycles. The second kappa shape index (κ2) is 24.5. The van der Waals surface area contributed by atoms with E-state index < -0.39 is 5.82 Å². The zero-order chi connectivity index (χ0) is 49.7. The topological polar surface area (TPSA) is 187 Å².